The van der Waals surface area contributed by atoms with Crippen molar-refractivity contribution in [3.05, 3.63) is 71.8 Å². The van der Waals surface area contributed by atoms with Crippen LogP contribution in [0, 0.1) is 6.92 Å². The highest BCUT2D eigenvalue weighted by Gasteiger charge is 2.08. The predicted molar refractivity (Wildman–Crippen MR) is 90.4 cm³/mol. The highest BCUT2D eigenvalue weighted by Crippen LogP contribution is 2.16. The third-order valence-corrected chi connectivity index (χ3v) is 3.49. The van der Waals surface area contributed by atoms with E-state index in [-0.39, 0.29) is 5.82 Å². The third-order valence-electron chi connectivity index (χ3n) is 3.49. The largest absolute Gasteiger partial charge is 0.309 e. The maximum Gasteiger partial charge on any atom is 0.309 e. The van der Waals surface area contributed by atoms with E-state index in [0.29, 0.717) is 0 Å². The van der Waals surface area contributed by atoms with Crippen LogP contribution in [0.25, 0.3) is 10.8 Å². The van der Waals surface area contributed by atoms with Crippen molar-refractivity contribution in [3.8, 4) is 0 Å². The Morgan fingerprint density at radius 1 is 1.09 bits per heavy atom. The van der Waals surface area contributed by atoms with Gasteiger partial charge in [0.1, 0.15) is 0 Å². The summed E-state index contributed by atoms with van der Waals surface area (Å²) < 4.78 is 0. The van der Waals surface area contributed by atoms with Gasteiger partial charge in [-0.15, -0.1) is 0 Å². The lowest BCUT2D eigenvalue weighted by Crippen LogP contribution is -2.22. The summed E-state index contributed by atoms with van der Waals surface area (Å²) in [5.41, 5.74) is 4.91. The van der Waals surface area contributed by atoms with Gasteiger partial charge >= 0.3 is 5.91 Å². The molecule has 0 aliphatic rings. The third kappa shape index (κ3) is 3.40. The number of fused-ring (bicyclic) bond motifs is 1. The number of carbonyl (C=O) groups excluding carboxylic acids is 1. The lowest BCUT2D eigenvalue weighted by molar-refractivity contribution is 0.0944. The first-order valence-electron chi connectivity index (χ1n) is 7.27. The smallest absolute Gasteiger partial charge is 0.264 e. The number of nitrogens with zero attached hydrogens (tertiary/aromatic N) is 3. The average Bonchev–Trinajstić information content (AvgIpc) is 2.59. The second-order valence-electron chi connectivity index (χ2n) is 5.22. The standard InChI is InChI=1S/C18H16N4O/c1-12-9-10-19-17(20-12)18(23)22-21-13(2)15-8-7-14-5-3-4-6-16(14)11-15/h3-11H,1-2H3,(H,22,23). The van der Waals surface area contributed by atoms with Gasteiger partial charge in [0.15, 0.2) is 0 Å². The maximum atomic E-state index is 12.0. The number of aromatic nitrogens is 2. The molecular formula is C18H16N4O. The minimum absolute atomic E-state index is 0.111. The minimum Gasteiger partial charge on any atom is -0.264 e. The van der Waals surface area contributed by atoms with Crippen molar-refractivity contribution in [2.75, 3.05) is 0 Å². The number of benzene rings is 2. The first kappa shape index (κ1) is 14.8. The Kier molecular flexibility index (Phi) is 4.10. The fraction of sp³-hybridized carbons (Fsp3) is 0.111. The van der Waals surface area contributed by atoms with Crippen LogP contribution in [0.5, 0.6) is 0 Å². The Balaban J connectivity index is 1.79. The number of hydrogen-bond acceptors (Lipinski definition) is 4. The number of hydrazone groups is 1. The van der Waals surface area contributed by atoms with Crippen molar-refractivity contribution in [2.45, 2.75) is 13.8 Å². The van der Waals surface area contributed by atoms with Crippen molar-refractivity contribution in [2.24, 2.45) is 5.10 Å². The molecule has 1 N–H and O–H groups in total. The predicted octanol–water partition coefficient (Wildman–Crippen LogP) is 3.09. The first-order chi connectivity index (χ1) is 11.1. The molecule has 3 rings (SSSR count). The van der Waals surface area contributed by atoms with Gasteiger partial charge in [0.2, 0.25) is 5.82 Å². The molecule has 1 aromatic heterocycles. The van der Waals surface area contributed by atoms with Crippen LogP contribution in [-0.2, 0) is 0 Å². The van der Waals surface area contributed by atoms with E-state index in [4.69, 9.17) is 0 Å². The fourth-order valence-corrected chi connectivity index (χ4v) is 2.22. The van der Waals surface area contributed by atoms with Gasteiger partial charge in [-0.05, 0) is 42.3 Å². The summed E-state index contributed by atoms with van der Waals surface area (Å²) >= 11 is 0. The zero-order valence-electron chi connectivity index (χ0n) is 12.9. The van der Waals surface area contributed by atoms with E-state index in [1.54, 1.807) is 12.3 Å². The summed E-state index contributed by atoms with van der Waals surface area (Å²) in [7, 11) is 0. The van der Waals surface area contributed by atoms with E-state index in [1.165, 1.54) is 5.39 Å². The van der Waals surface area contributed by atoms with Crippen LogP contribution in [0.3, 0.4) is 0 Å². The van der Waals surface area contributed by atoms with E-state index in [9.17, 15) is 4.79 Å². The summed E-state index contributed by atoms with van der Waals surface area (Å²) in [4.78, 5) is 20.0. The average molecular weight is 304 g/mol. The zero-order valence-corrected chi connectivity index (χ0v) is 12.9. The Morgan fingerprint density at radius 2 is 1.87 bits per heavy atom. The maximum absolute atomic E-state index is 12.0. The summed E-state index contributed by atoms with van der Waals surface area (Å²) in [5, 5.41) is 6.44. The molecule has 2 aromatic carbocycles. The molecular weight excluding hydrogens is 288 g/mol. The van der Waals surface area contributed by atoms with Crippen molar-refractivity contribution in [3.63, 3.8) is 0 Å². The Labute approximate surface area is 134 Å². The number of aryl methyl sites for hydroxylation is 1. The molecule has 0 aliphatic heterocycles. The van der Waals surface area contributed by atoms with E-state index in [1.807, 2.05) is 50.2 Å². The number of rotatable bonds is 3. The lowest BCUT2D eigenvalue weighted by atomic mass is 10.0. The van der Waals surface area contributed by atoms with Crippen LogP contribution in [0.2, 0.25) is 0 Å². The second-order valence-corrected chi connectivity index (χ2v) is 5.22. The van der Waals surface area contributed by atoms with Gasteiger partial charge in [-0.3, -0.25) is 4.79 Å². The highest BCUT2D eigenvalue weighted by atomic mass is 16.2. The fourth-order valence-electron chi connectivity index (χ4n) is 2.22. The van der Waals surface area contributed by atoms with Gasteiger partial charge in [0.05, 0.1) is 5.71 Å². The number of nitrogens with one attached hydrogen (secondary N) is 1. The van der Waals surface area contributed by atoms with Crippen molar-refractivity contribution in [1.29, 1.82) is 0 Å². The van der Waals surface area contributed by atoms with Crippen LogP contribution in [0.4, 0.5) is 0 Å². The van der Waals surface area contributed by atoms with Crippen LogP contribution in [-0.4, -0.2) is 21.6 Å². The van der Waals surface area contributed by atoms with Gasteiger partial charge in [0, 0.05) is 11.9 Å². The molecule has 0 bridgehead atoms. The Bertz CT molecular complexity index is 902. The molecule has 0 fully saturated rings. The molecule has 114 valence electrons. The number of hydrogen-bond donors (Lipinski definition) is 1. The number of amides is 1. The minimum atomic E-state index is -0.422. The summed E-state index contributed by atoms with van der Waals surface area (Å²) in [6, 6.07) is 15.9. The van der Waals surface area contributed by atoms with E-state index in [0.717, 1.165) is 22.4 Å². The Morgan fingerprint density at radius 3 is 2.65 bits per heavy atom. The van der Waals surface area contributed by atoms with Gasteiger partial charge < -0.3 is 0 Å². The molecule has 0 spiro atoms. The van der Waals surface area contributed by atoms with Crippen molar-refractivity contribution < 1.29 is 4.79 Å². The molecule has 3 aromatic rings. The molecule has 0 saturated carbocycles. The van der Waals surface area contributed by atoms with E-state index < -0.39 is 5.91 Å². The van der Waals surface area contributed by atoms with Crippen molar-refractivity contribution in [1.82, 2.24) is 15.4 Å². The lowest BCUT2D eigenvalue weighted by Gasteiger charge is -2.04. The van der Waals surface area contributed by atoms with Crippen LogP contribution < -0.4 is 5.43 Å². The van der Waals surface area contributed by atoms with E-state index >= 15 is 0 Å². The van der Waals surface area contributed by atoms with Crippen LogP contribution in [0.1, 0.15) is 28.8 Å². The molecule has 0 unspecified atom stereocenters. The quantitative estimate of drug-likeness (QED) is 0.597. The van der Waals surface area contributed by atoms with Crippen LogP contribution in [0.15, 0.2) is 59.8 Å². The highest BCUT2D eigenvalue weighted by molar-refractivity contribution is 6.02. The zero-order chi connectivity index (χ0) is 16.2. The van der Waals surface area contributed by atoms with Gasteiger partial charge in [-0.2, -0.15) is 5.10 Å². The summed E-state index contributed by atoms with van der Waals surface area (Å²) in [6.45, 7) is 3.66. The molecule has 0 radical (unpaired) electrons. The first-order valence-corrected chi connectivity index (χ1v) is 7.27. The molecule has 5 nitrogen and oxygen atoms in total. The normalized spacial score (nSPS) is 11.5. The molecule has 1 heterocycles. The SMILES string of the molecule is CC(=NNC(=O)c1nccc(C)n1)c1ccc2ccccc2c1. The molecule has 0 atom stereocenters. The molecule has 1 amide bonds. The molecule has 23 heavy (non-hydrogen) atoms. The summed E-state index contributed by atoms with van der Waals surface area (Å²) in [5.74, 6) is -0.311. The van der Waals surface area contributed by atoms with Crippen LogP contribution >= 0.6 is 0 Å². The van der Waals surface area contributed by atoms with Crippen molar-refractivity contribution >= 4 is 22.4 Å². The van der Waals surface area contributed by atoms with Gasteiger partial charge in [-0.25, -0.2) is 15.4 Å². The topological polar surface area (TPSA) is 67.2 Å². The monoisotopic (exact) mass is 304 g/mol. The summed E-state index contributed by atoms with van der Waals surface area (Å²) in [6.07, 6.45) is 1.55. The van der Waals surface area contributed by atoms with Gasteiger partial charge in [0.25, 0.3) is 0 Å². The molecule has 0 aliphatic carbocycles. The number of carbonyl (C=O) groups is 1. The molecule has 0 saturated heterocycles. The Hall–Kier alpha value is -3.08. The van der Waals surface area contributed by atoms with E-state index in [2.05, 4.69) is 26.6 Å². The second kappa shape index (κ2) is 6.36. The molecule has 5 heteroatoms. The van der Waals surface area contributed by atoms with Gasteiger partial charge in [-0.1, -0.05) is 36.4 Å².